The van der Waals surface area contributed by atoms with Crippen molar-refractivity contribution in [3.05, 3.63) is 29.8 Å². The summed E-state index contributed by atoms with van der Waals surface area (Å²) in [5, 5.41) is 5.94. The van der Waals surface area contributed by atoms with Crippen LogP contribution in [0.4, 0.5) is 13.2 Å². The van der Waals surface area contributed by atoms with E-state index in [4.69, 9.17) is 0 Å². The molecule has 116 valence electrons. The first-order chi connectivity index (χ1) is 9.85. The number of halogens is 3. The van der Waals surface area contributed by atoms with E-state index in [2.05, 4.69) is 15.4 Å². The van der Waals surface area contributed by atoms with E-state index in [1.807, 2.05) is 6.92 Å². The summed E-state index contributed by atoms with van der Waals surface area (Å²) in [4.78, 5) is 12.0. The number of alkyl halides is 3. The predicted octanol–water partition coefficient (Wildman–Crippen LogP) is 2.06. The Kier molecular flexibility index (Phi) is 4.72. The number of carbonyl (C=O) groups is 1. The molecule has 1 fully saturated rings. The van der Waals surface area contributed by atoms with Crippen molar-refractivity contribution in [1.82, 2.24) is 10.6 Å². The van der Waals surface area contributed by atoms with Crippen LogP contribution in [-0.4, -0.2) is 25.4 Å². The third-order valence-corrected chi connectivity index (χ3v) is 3.48. The zero-order valence-electron chi connectivity index (χ0n) is 11.5. The molecule has 0 radical (unpaired) electrons. The van der Waals surface area contributed by atoms with E-state index in [1.165, 1.54) is 24.3 Å². The van der Waals surface area contributed by atoms with Crippen LogP contribution < -0.4 is 15.4 Å². The molecule has 2 atom stereocenters. The zero-order valence-corrected chi connectivity index (χ0v) is 11.5. The van der Waals surface area contributed by atoms with Crippen LogP contribution in [0.1, 0.15) is 12.5 Å². The van der Waals surface area contributed by atoms with Crippen molar-refractivity contribution >= 4 is 5.91 Å². The molecular formula is C14H17F3N2O2. The minimum atomic E-state index is -4.69. The van der Waals surface area contributed by atoms with Crippen molar-refractivity contribution in [2.24, 2.45) is 11.8 Å². The minimum Gasteiger partial charge on any atom is -0.406 e. The molecule has 0 bridgehead atoms. The van der Waals surface area contributed by atoms with Gasteiger partial charge in [0, 0.05) is 13.1 Å². The molecule has 0 spiro atoms. The Labute approximate surface area is 120 Å². The van der Waals surface area contributed by atoms with E-state index in [1.54, 1.807) is 0 Å². The third-order valence-electron chi connectivity index (χ3n) is 3.48. The second kappa shape index (κ2) is 6.34. The van der Waals surface area contributed by atoms with Crippen molar-refractivity contribution < 1.29 is 22.7 Å². The van der Waals surface area contributed by atoms with Crippen molar-refractivity contribution in [1.29, 1.82) is 0 Å². The Bertz CT molecular complexity index is 488. The third kappa shape index (κ3) is 4.63. The maximum Gasteiger partial charge on any atom is 0.573 e. The van der Waals surface area contributed by atoms with Crippen molar-refractivity contribution in [2.75, 3.05) is 13.1 Å². The number of nitrogens with one attached hydrogen (secondary N) is 2. The van der Waals surface area contributed by atoms with Gasteiger partial charge in [-0.25, -0.2) is 0 Å². The fraction of sp³-hybridized carbons (Fsp3) is 0.500. The molecule has 1 saturated heterocycles. The van der Waals surface area contributed by atoms with Crippen LogP contribution in [0.25, 0.3) is 0 Å². The quantitative estimate of drug-likeness (QED) is 0.895. The van der Waals surface area contributed by atoms with Crippen molar-refractivity contribution in [2.45, 2.75) is 19.8 Å². The summed E-state index contributed by atoms with van der Waals surface area (Å²) in [6.45, 7) is 3.77. The van der Waals surface area contributed by atoms with Crippen molar-refractivity contribution in [3.63, 3.8) is 0 Å². The number of carbonyl (C=O) groups excluding carboxylic acids is 1. The van der Waals surface area contributed by atoms with E-state index < -0.39 is 6.36 Å². The Morgan fingerprint density at radius 2 is 2.00 bits per heavy atom. The highest BCUT2D eigenvalue weighted by molar-refractivity contribution is 5.79. The molecule has 1 aromatic rings. The van der Waals surface area contributed by atoms with E-state index in [9.17, 15) is 18.0 Å². The molecule has 1 amide bonds. The van der Waals surface area contributed by atoms with Gasteiger partial charge in [0.2, 0.25) is 5.91 Å². The Balaban J connectivity index is 1.85. The fourth-order valence-corrected chi connectivity index (χ4v) is 2.29. The number of ether oxygens (including phenoxy) is 1. The van der Waals surface area contributed by atoms with Gasteiger partial charge in [-0.2, -0.15) is 0 Å². The molecule has 0 unspecified atom stereocenters. The topological polar surface area (TPSA) is 50.4 Å². The number of rotatable bonds is 4. The van der Waals surface area contributed by atoms with Gasteiger partial charge in [-0.1, -0.05) is 19.1 Å². The van der Waals surface area contributed by atoms with Gasteiger partial charge in [-0.05, 0) is 30.2 Å². The Morgan fingerprint density at radius 1 is 1.33 bits per heavy atom. The molecule has 0 aliphatic carbocycles. The maximum absolute atomic E-state index is 12.0. The van der Waals surface area contributed by atoms with Gasteiger partial charge in [-0.3, -0.25) is 4.79 Å². The summed E-state index contributed by atoms with van der Waals surface area (Å²) in [5.74, 6) is -0.0836. The Morgan fingerprint density at radius 3 is 2.52 bits per heavy atom. The lowest BCUT2D eigenvalue weighted by atomic mass is 9.97. The second-order valence-corrected chi connectivity index (χ2v) is 5.15. The van der Waals surface area contributed by atoms with Gasteiger partial charge < -0.3 is 15.4 Å². The van der Waals surface area contributed by atoms with E-state index >= 15 is 0 Å². The van der Waals surface area contributed by atoms with Crippen LogP contribution >= 0.6 is 0 Å². The van der Waals surface area contributed by atoms with Gasteiger partial charge in [-0.15, -0.1) is 13.2 Å². The van der Waals surface area contributed by atoms with Gasteiger partial charge >= 0.3 is 6.36 Å². The highest BCUT2D eigenvalue weighted by Gasteiger charge is 2.31. The molecule has 1 aliphatic rings. The van der Waals surface area contributed by atoms with Crippen LogP contribution in [0.15, 0.2) is 24.3 Å². The van der Waals surface area contributed by atoms with Gasteiger partial charge in [0.05, 0.1) is 5.92 Å². The second-order valence-electron chi connectivity index (χ2n) is 5.15. The lowest BCUT2D eigenvalue weighted by molar-refractivity contribution is -0.274. The predicted molar refractivity (Wildman–Crippen MR) is 70.5 cm³/mol. The standard InChI is InChI=1S/C14H17F3N2O2/c1-9-6-18-8-12(9)13(20)19-7-10-2-4-11(5-3-10)21-14(15,16)17/h2-5,9,12,18H,6-8H2,1H3,(H,19,20)/t9-,12-/m1/s1. The SMILES string of the molecule is C[C@@H]1CNC[C@H]1C(=O)NCc1ccc(OC(F)(F)F)cc1. The molecule has 1 heterocycles. The zero-order chi connectivity index (χ0) is 15.5. The fourth-order valence-electron chi connectivity index (χ4n) is 2.29. The van der Waals surface area contributed by atoms with Crippen LogP contribution in [0.5, 0.6) is 5.75 Å². The lowest BCUT2D eigenvalue weighted by Gasteiger charge is -2.14. The highest BCUT2D eigenvalue weighted by atomic mass is 19.4. The molecule has 1 aromatic carbocycles. The molecule has 21 heavy (non-hydrogen) atoms. The smallest absolute Gasteiger partial charge is 0.406 e. The van der Waals surface area contributed by atoms with Crippen LogP contribution in [-0.2, 0) is 11.3 Å². The summed E-state index contributed by atoms with van der Waals surface area (Å²) in [5.41, 5.74) is 0.719. The first kappa shape index (κ1) is 15.6. The van der Waals surface area contributed by atoms with Crippen LogP contribution in [0.3, 0.4) is 0 Å². The van der Waals surface area contributed by atoms with Gasteiger partial charge in [0.15, 0.2) is 0 Å². The number of hydrogen-bond donors (Lipinski definition) is 2. The normalized spacial score (nSPS) is 22.1. The maximum atomic E-state index is 12.0. The molecule has 2 N–H and O–H groups in total. The molecule has 4 nitrogen and oxygen atoms in total. The van der Waals surface area contributed by atoms with E-state index in [-0.39, 0.29) is 30.0 Å². The van der Waals surface area contributed by atoms with E-state index in [0.717, 1.165) is 12.1 Å². The van der Waals surface area contributed by atoms with Gasteiger partial charge in [0.25, 0.3) is 0 Å². The molecule has 7 heteroatoms. The summed E-state index contributed by atoms with van der Waals surface area (Å²) in [7, 11) is 0. The van der Waals surface area contributed by atoms with Crippen molar-refractivity contribution in [3.8, 4) is 5.75 Å². The van der Waals surface area contributed by atoms with Crippen LogP contribution in [0.2, 0.25) is 0 Å². The summed E-state index contributed by atoms with van der Waals surface area (Å²) in [6, 6.07) is 5.46. The highest BCUT2D eigenvalue weighted by Crippen LogP contribution is 2.22. The first-order valence-corrected chi connectivity index (χ1v) is 6.68. The molecule has 0 saturated carbocycles. The summed E-state index contributed by atoms with van der Waals surface area (Å²) in [6.07, 6.45) is -4.69. The Hall–Kier alpha value is -1.76. The molecule has 0 aromatic heterocycles. The number of hydrogen-bond acceptors (Lipinski definition) is 3. The first-order valence-electron chi connectivity index (χ1n) is 6.68. The lowest BCUT2D eigenvalue weighted by Crippen LogP contribution is -2.33. The largest absolute Gasteiger partial charge is 0.573 e. The number of amides is 1. The van der Waals surface area contributed by atoms with E-state index in [0.29, 0.717) is 6.54 Å². The number of benzene rings is 1. The average molecular weight is 302 g/mol. The molecule has 2 rings (SSSR count). The average Bonchev–Trinajstić information content (AvgIpc) is 2.82. The van der Waals surface area contributed by atoms with Gasteiger partial charge in [0.1, 0.15) is 5.75 Å². The molecule has 1 aliphatic heterocycles. The summed E-state index contributed by atoms with van der Waals surface area (Å²) < 4.78 is 39.8. The van der Waals surface area contributed by atoms with Crippen LogP contribution in [0, 0.1) is 11.8 Å². The minimum absolute atomic E-state index is 0.0388. The summed E-state index contributed by atoms with van der Waals surface area (Å²) >= 11 is 0. The monoisotopic (exact) mass is 302 g/mol. The molecular weight excluding hydrogens is 285 g/mol.